The highest BCUT2D eigenvalue weighted by Crippen LogP contribution is 2.22. The second kappa shape index (κ2) is 14.2. The van der Waals surface area contributed by atoms with E-state index in [1.807, 2.05) is 81.4 Å². The minimum absolute atomic E-state index is 0.0504. The van der Waals surface area contributed by atoms with Gasteiger partial charge in [-0.3, -0.25) is 0 Å². The monoisotopic (exact) mass is 546 g/mol. The summed E-state index contributed by atoms with van der Waals surface area (Å²) in [5, 5.41) is 37.4. The van der Waals surface area contributed by atoms with Crippen LogP contribution >= 0.6 is 0 Å². The summed E-state index contributed by atoms with van der Waals surface area (Å²) in [6.45, 7) is 11.0. The number of amides is 1. The van der Waals surface area contributed by atoms with Crippen molar-refractivity contribution in [2.45, 2.75) is 89.0 Å². The van der Waals surface area contributed by atoms with Crippen LogP contribution in [0.25, 0.3) is 0 Å². The van der Waals surface area contributed by atoms with Gasteiger partial charge in [0.15, 0.2) is 0 Å². The Morgan fingerprint density at radius 3 is 1.79 bits per heavy atom. The average molecular weight is 547 g/mol. The van der Waals surface area contributed by atoms with Crippen LogP contribution in [-0.4, -0.2) is 73.1 Å². The lowest BCUT2D eigenvalue weighted by atomic mass is 9.94. The van der Waals surface area contributed by atoms with Crippen molar-refractivity contribution in [3.63, 3.8) is 0 Å². The number of carboxylic acid groups (broad SMARTS) is 1. The number of nitrogens with one attached hydrogen (secondary N) is 2. The fourth-order valence-electron chi connectivity index (χ4n) is 4.26. The maximum absolute atomic E-state index is 12.8. The van der Waals surface area contributed by atoms with E-state index in [0.717, 1.165) is 11.1 Å². The van der Waals surface area contributed by atoms with E-state index < -0.39 is 51.7 Å². The predicted octanol–water partition coefficient (Wildman–Crippen LogP) is 2.02. The third kappa shape index (κ3) is 10.1. The normalized spacial score (nSPS) is 16.3. The topological polar surface area (TPSA) is 125 Å². The van der Waals surface area contributed by atoms with Gasteiger partial charge in [-0.1, -0.05) is 60.7 Å². The highest BCUT2D eigenvalue weighted by Gasteiger charge is 2.34. The number of nitrogens with zero attached hydrogens (tertiary/aromatic N) is 1. The zero-order valence-corrected chi connectivity index (χ0v) is 24.2. The van der Waals surface area contributed by atoms with Gasteiger partial charge in [0.25, 0.3) is 0 Å². The summed E-state index contributed by atoms with van der Waals surface area (Å²) in [5.74, 6) is 0. The molecule has 0 aliphatic rings. The van der Waals surface area contributed by atoms with E-state index in [4.69, 9.17) is 0 Å². The molecule has 2 rings (SSSR count). The minimum atomic E-state index is -1.39. The number of carbonyl (C=O) groups excluding carboxylic acids is 1. The molecule has 4 N–H and O–H groups in total. The van der Waals surface area contributed by atoms with Crippen LogP contribution in [0.5, 0.6) is 0 Å². The average Bonchev–Trinajstić information content (AvgIpc) is 2.82. The molecule has 0 fully saturated rings. The van der Waals surface area contributed by atoms with Crippen molar-refractivity contribution in [3.8, 4) is 0 Å². The van der Waals surface area contributed by atoms with Crippen molar-refractivity contribution in [2.24, 2.45) is 0 Å². The molecule has 1 unspecified atom stereocenters. The summed E-state index contributed by atoms with van der Waals surface area (Å²) in [6.07, 6.45) is -2.56. The summed E-state index contributed by atoms with van der Waals surface area (Å²) in [5.41, 5.74) is 1.09. The molecule has 1 amide bonds. The summed E-state index contributed by atoms with van der Waals surface area (Å²) in [6, 6.07) is 17.8. The number of benzene rings is 2. The van der Waals surface area contributed by atoms with Crippen molar-refractivity contribution >= 4 is 17.1 Å². The Morgan fingerprint density at radius 2 is 1.34 bits per heavy atom. The summed E-state index contributed by atoms with van der Waals surface area (Å²) < 4.78 is 15.4. The highest BCUT2D eigenvalue weighted by molar-refractivity contribution is 7.84. The first kappa shape index (κ1) is 31.9. The molecule has 5 atom stereocenters. The van der Waals surface area contributed by atoms with Crippen molar-refractivity contribution in [1.29, 1.82) is 0 Å². The Kier molecular flexibility index (Phi) is 11.9. The molecule has 0 aliphatic heterocycles. The van der Waals surface area contributed by atoms with Gasteiger partial charge in [0, 0.05) is 18.6 Å². The number of hydrogen-bond acceptors (Lipinski definition) is 6. The molecule has 0 bridgehead atoms. The van der Waals surface area contributed by atoms with E-state index in [0.29, 0.717) is 12.8 Å². The molecule has 2 aromatic rings. The first-order valence-corrected chi connectivity index (χ1v) is 14.2. The third-order valence-corrected chi connectivity index (χ3v) is 7.90. The van der Waals surface area contributed by atoms with Gasteiger partial charge in [-0.05, 0) is 65.5 Å². The molecule has 0 saturated heterocycles. The maximum atomic E-state index is 12.8. The standard InChI is InChI=1S/C29H45N3O5S/c1-28(2,3)32(27(35)36)24(18-22-15-11-8-12-16-22)26(34)20-30-19-25(33)23(31-38(37)29(4,5)6)17-21-13-9-7-10-14-21/h7-16,23-26,30-31,33-34H,17-20H2,1-6H3,(H,35,36)/p-1/t23-,24-,25+,26+,38?/m0/s1. The highest BCUT2D eigenvalue weighted by atomic mass is 32.2. The van der Waals surface area contributed by atoms with Crippen LogP contribution < -0.4 is 15.1 Å². The molecule has 0 aliphatic carbocycles. The van der Waals surface area contributed by atoms with Gasteiger partial charge in [0.1, 0.15) is 6.09 Å². The number of carbonyl (C=O) groups is 1. The van der Waals surface area contributed by atoms with Crippen LogP contribution in [0, 0.1) is 0 Å². The van der Waals surface area contributed by atoms with E-state index in [2.05, 4.69) is 10.0 Å². The van der Waals surface area contributed by atoms with Gasteiger partial charge < -0.3 is 30.3 Å². The summed E-state index contributed by atoms with van der Waals surface area (Å²) in [7, 11) is -1.39. The predicted molar refractivity (Wildman–Crippen MR) is 151 cm³/mol. The molecule has 0 aromatic heterocycles. The Bertz CT molecular complexity index is 1010. The maximum Gasteiger partial charge on any atom is 0.137 e. The van der Waals surface area contributed by atoms with E-state index in [-0.39, 0.29) is 13.1 Å². The Morgan fingerprint density at radius 1 is 0.868 bits per heavy atom. The van der Waals surface area contributed by atoms with Crippen LogP contribution in [0.2, 0.25) is 0 Å². The zero-order valence-electron chi connectivity index (χ0n) is 23.4. The van der Waals surface area contributed by atoms with E-state index in [1.165, 1.54) is 4.90 Å². The molecular formula is C29H44N3O5S-. The lowest BCUT2D eigenvalue weighted by molar-refractivity contribution is -0.275. The molecule has 2 aromatic carbocycles. The van der Waals surface area contributed by atoms with Crippen LogP contribution in [-0.2, 0) is 23.8 Å². The SMILES string of the molecule is CC(C)(C)N(C(=O)[O-])[C@@H](Cc1ccccc1)[C@H](O)CNC[C@@H](O)[C@H](Cc1ccccc1)NS(=O)C(C)(C)C. The Labute approximate surface area is 230 Å². The molecule has 0 saturated carbocycles. The molecule has 9 heteroatoms. The van der Waals surface area contributed by atoms with E-state index in [1.54, 1.807) is 20.8 Å². The lowest BCUT2D eigenvalue weighted by Crippen LogP contribution is -2.62. The molecule has 0 heterocycles. The van der Waals surface area contributed by atoms with Gasteiger partial charge in [0.2, 0.25) is 0 Å². The van der Waals surface area contributed by atoms with Crippen LogP contribution in [0.3, 0.4) is 0 Å². The Balaban J connectivity index is 2.13. The fourth-order valence-corrected chi connectivity index (χ4v) is 5.13. The van der Waals surface area contributed by atoms with Gasteiger partial charge in [0.05, 0.1) is 40.0 Å². The number of hydrogen-bond donors (Lipinski definition) is 4. The molecular weight excluding hydrogens is 502 g/mol. The van der Waals surface area contributed by atoms with E-state index >= 15 is 0 Å². The largest absolute Gasteiger partial charge is 0.530 e. The number of rotatable bonds is 13. The molecule has 8 nitrogen and oxygen atoms in total. The molecule has 212 valence electrons. The molecule has 0 radical (unpaired) electrons. The van der Waals surface area contributed by atoms with Crippen LogP contribution in [0.1, 0.15) is 52.7 Å². The quantitative estimate of drug-likeness (QED) is 0.305. The zero-order chi connectivity index (χ0) is 28.5. The van der Waals surface area contributed by atoms with Crippen LogP contribution in [0.15, 0.2) is 60.7 Å². The summed E-state index contributed by atoms with van der Waals surface area (Å²) in [4.78, 5) is 13.3. The van der Waals surface area contributed by atoms with Gasteiger partial charge in [-0.2, -0.15) is 0 Å². The number of aliphatic hydroxyl groups excluding tert-OH is 2. The first-order valence-electron chi connectivity index (χ1n) is 13.0. The second-order valence-electron chi connectivity index (χ2n) is 11.7. The lowest BCUT2D eigenvalue weighted by Gasteiger charge is -2.45. The van der Waals surface area contributed by atoms with Gasteiger partial charge >= 0.3 is 0 Å². The van der Waals surface area contributed by atoms with Crippen molar-refractivity contribution < 1.29 is 24.3 Å². The summed E-state index contributed by atoms with van der Waals surface area (Å²) >= 11 is 0. The fraction of sp³-hybridized carbons (Fsp3) is 0.552. The molecule has 38 heavy (non-hydrogen) atoms. The van der Waals surface area contributed by atoms with Crippen molar-refractivity contribution in [3.05, 3.63) is 71.8 Å². The van der Waals surface area contributed by atoms with Gasteiger partial charge in [-0.25, -0.2) is 8.93 Å². The van der Waals surface area contributed by atoms with Crippen molar-refractivity contribution in [1.82, 2.24) is 14.9 Å². The Hall–Kier alpha value is -2.30. The minimum Gasteiger partial charge on any atom is -0.530 e. The van der Waals surface area contributed by atoms with Crippen molar-refractivity contribution in [2.75, 3.05) is 13.1 Å². The smallest absolute Gasteiger partial charge is 0.137 e. The number of aliphatic hydroxyl groups is 2. The third-order valence-electron chi connectivity index (χ3n) is 6.27. The van der Waals surface area contributed by atoms with E-state index in [9.17, 15) is 24.3 Å². The van der Waals surface area contributed by atoms with Gasteiger partial charge in [-0.15, -0.1) is 0 Å². The molecule has 0 spiro atoms. The first-order chi connectivity index (χ1) is 17.7. The second-order valence-corrected chi connectivity index (χ2v) is 13.6. The van der Waals surface area contributed by atoms with Crippen LogP contribution in [0.4, 0.5) is 4.79 Å².